The molecule has 14 heavy (non-hydrogen) atoms. The minimum Gasteiger partial charge on any atom is -0.388 e. The quantitative estimate of drug-likeness (QED) is 0.847. The van der Waals surface area contributed by atoms with Crippen molar-refractivity contribution in [2.24, 2.45) is 5.92 Å². The Balaban J connectivity index is 1.98. The van der Waals surface area contributed by atoms with Gasteiger partial charge in [-0.1, -0.05) is 31.4 Å². The molecule has 0 aromatic heterocycles. The highest BCUT2D eigenvalue weighted by Gasteiger charge is 2.21. The summed E-state index contributed by atoms with van der Waals surface area (Å²) in [5, 5.41) is 9.98. The molecular weight excluding hydrogens is 287 g/mol. The van der Waals surface area contributed by atoms with Gasteiger partial charge in [-0.2, -0.15) is 0 Å². The van der Waals surface area contributed by atoms with Crippen molar-refractivity contribution in [3.05, 3.63) is 33.4 Å². The van der Waals surface area contributed by atoms with Gasteiger partial charge in [0.25, 0.3) is 0 Å². The third kappa shape index (κ3) is 2.48. The molecule has 0 radical (unpaired) electrons. The highest BCUT2D eigenvalue weighted by molar-refractivity contribution is 14.1. The van der Waals surface area contributed by atoms with Gasteiger partial charge in [-0.3, -0.25) is 0 Å². The summed E-state index contributed by atoms with van der Waals surface area (Å²) in [4.78, 5) is 0. The van der Waals surface area contributed by atoms with Gasteiger partial charge in [0.1, 0.15) is 0 Å². The molecule has 2 rings (SSSR count). The molecule has 1 N–H and O–H groups in total. The van der Waals surface area contributed by atoms with E-state index in [0.717, 1.165) is 17.9 Å². The summed E-state index contributed by atoms with van der Waals surface area (Å²) < 4.78 is 1.20. The van der Waals surface area contributed by atoms with Crippen molar-refractivity contribution in [2.45, 2.75) is 31.8 Å². The first-order valence-corrected chi connectivity index (χ1v) is 6.27. The van der Waals surface area contributed by atoms with Gasteiger partial charge >= 0.3 is 0 Å². The molecule has 1 aromatic carbocycles. The zero-order valence-corrected chi connectivity index (χ0v) is 10.3. The molecule has 0 amide bonds. The predicted octanol–water partition coefficient (Wildman–Crippen LogP) is 3.51. The lowest BCUT2D eigenvalue weighted by Crippen LogP contribution is -2.14. The van der Waals surface area contributed by atoms with E-state index in [0.29, 0.717) is 0 Å². The fourth-order valence-corrected chi connectivity index (χ4v) is 2.46. The second kappa shape index (κ2) is 4.62. The lowest BCUT2D eigenvalue weighted by molar-refractivity contribution is 0.118. The average molecular weight is 302 g/mol. The lowest BCUT2D eigenvalue weighted by atomic mass is 9.80. The highest BCUT2D eigenvalue weighted by Crippen LogP contribution is 2.34. The Morgan fingerprint density at radius 2 is 2.21 bits per heavy atom. The van der Waals surface area contributed by atoms with Crippen molar-refractivity contribution in [1.82, 2.24) is 0 Å². The number of aliphatic hydroxyl groups is 1. The Morgan fingerprint density at radius 3 is 2.79 bits per heavy atom. The molecule has 0 spiro atoms. The van der Waals surface area contributed by atoms with Gasteiger partial charge in [-0.15, -0.1) is 0 Å². The van der Waals surface area contributed by atoms with E-state index in [1.807, 2.05) is 12.1 Å². The van der Waals surface area contributed by atoms with Crippen molar-refractivity contribution in [1.29, 1.82) is 0 Å². The van der Waals surface area contributed by atoms with Gasteiger partial charge in [0.2, 0.25) is 0 Å². The molecule has 0 bridgehead atoms. The maximum atomic E-state index is 9.98. The van der Waals surface area contributed by atoms with E-state index in [4.69, 9.17) is 0 Å². The maximum Gasteiger partial charge on any atom is 0.0793 e. The van der Waals surface area contributed by atoms with Crippen LogP contribution in [0.1, 0.15) is 37.4 Å². The fraction of sp³-hybridized carbons (Fsp3) is 0.500. The van der Waals surface area contributed by atoms with Crippen LogP contribution in [0.15, 0.2) is 24.3 Å². The lowest BCUT2D eigenvalue weighted by Gasteiger charge is -2.27. The summed E-state index contributed by atoms with van der Waals surface area (Å²) in [6.45, 7) is 0. The van der Waals surface area contributed by atoms with Crippen molar-refractivity contribution >= 4 is 22.6 Å². The normalized spacial score (nSPS) is 19.0. The van der Waals surface area contributed by atoms with Crippen LogP contribution >= 0.6 is 22.6 Å². The minimum absolute atomic E-state index is 0.255. The Kier molecular flexibility index (Phi) is 3.44. The third-order valence-corrected chi connectivity index (χ3v) is 3.69. The van der Waals surface area contributed by atoms with Gasteiger partial charge < -0.3 is 5.11 Å². The standard InChI is InChI=1S/C12H15IO/c13-11-6-2-5-10(8-11)12(14)7-9-3-1-4-9/h2,5-6,8-9,12,14H,1,3-4,7H2. The fourth-order valence-electron chi connectivity index (χ4n) is 1.89. The van der Waals surface area contributed by atoms with Crippen LogP contribution in [0.3, 0.4) is 0 Å². The molecule has 1 aliphatic carbocycles. The zero-order chi connectivity index (χ0) is 9.97. The Bertz CT molecular complexity index is 307. The zero-order valence-electron chi connectivity index (χ0n) is 8.12. The minimum atomic E-state index is -0.255. The Labute approximate surface area is 98.7 Å². The first-order valence-electron chi connectivity index (χ1n) is 5.19. The van der Waals surface area contributed by atoms with Crippen LogP contribution in [-0.4, -0.2) is 5.11 Å². The average Bonchev–Trinajstić information content (AvgIpc) is 2.11. The molecular formula is C12H15IO. The summed E-state index contributed by atoms with van der Waals surface area (Å²) >= 11 is 2.28. The van der Waals surface area contributed by atoms with Gasteiger partial charge in [-0.25, -0.2) is 0 Å². The van der Waals surface area contributed by atoms with Crippen molar-refractivity contribution in [2.75, 3.05) is 0 Å². The van der Waals surface area contributed by atoms with Crippen molar-refractivity contribution < 1.29 is 5.11 Å². The molecule has 1 fully saturated rings. The predicted molar refractivity (Wildman–Crippen MR) is 66.1 cm³/mol. The SMILES string of the molecule is OC(CC1CCC1)c1cccc(I)c1. The Morgan fingerprint density at radius 1 is 1.43 bits per heavy atom. The number of hydrogen-bond acceptors (Lipinski definition) is 1. The van der Waals surface area contributed by atoms with Gasteiger partial charge in [0.05, 0.1) is 6.10 Å². The summed E-state index contributed by atoms with van der Waals surface area (Å²) in [6, 6.07) is 8.16. The van der Waals surface area contributed by atoms with Crippen LogP contribution in [0.5, 0.6) is 0 Å². The monoisotopic (exact) mass is 302 g/mol. The van der Waals surface area contributed by atoms with Crippen LogP contribution in [0.25, 0.3) is 0 Å². The van der Waals surface area contributed by atoms with Crippen molar-refractivity contribution in [3.63, 3.8) is 0 Å². The summed E-state index contributed by atoms with van der Waals surface area (Å²) in [7, 11) is 0. The van der Waals surface area contributed by atoms with E-state index in [1.54, 1.807) is 0 Å². The number of aliphatic hydroxyl groups excluding tert-OH is 1. The van der Waals surface area contributed by atoms with Gasteiger partial charge in [-0.05, 0) is 52.6 Å². The summed E-state index contributed by atoms with van der Waals surface area (Å²) in [5.74, 6) is 0.767. The molecule has 2 heteroatoms. The summed E-state index contributed by atoms with van der Waals surface area (Å²) in [6.07, 6.45) is 4.65. The molecule has 0 aliphatic heterocycles. The molecule has 0 saturated heterocycles. The molecule has 1 unspecified atom stereocenters. The second-order valence-corrected chi connectivity index (χ2v) is 5.35. The maximum absolute atomic E-state index is 9.98. The van der Waals surface area contributed by atoms with E-state index >= 15 is 0 Å². The molecule has 1 atom stereocenters. The molecule has 1 aliphatic rings. The Hall–Kier alpha value is -0.0900. The van der Waals surface area contributed by atoms with Crippen molar-refractivity contribution in [3.8, 4) is 0 Å². The molecule has 1 nitrogen and oxygen atoms in total. The van der Waals surface area contributed by atoms with E-state index in [-0.39, 0.29) is 6.10 Å². The molecule has 1 aromatic rings. The van der Waals surface area contributed by atoms with E-state index in [2.05, 4.69) is 34.7 Å². The number of halogens is 1. The van der Waals surface area contributed by atoms with Crippen LogP contribution in [-0.2, 0) is 0 Å². The van der Waals surface area contributed by atoms with Gasteiger partial charge in [0.15, 0.2) is 0 Å². The smallest absolute Gasteiger partial charge is 0.0793 e. The van der Waals surface area contributed by atoms with Gasteiger partial charge in [0, 0.05) is 3.57 Å². The third-order valence-electron chi connectivity index (χ3n) is 3.01. The summed E-state index contributed by atoms with van der Waals surface area (Å²) in [5.41, 5.74) is 1.07. The van der Waals surface area contributed by atoms with E-state index in [1.165, 1.54) is 22.8 Å². The van der Waals surface area contributed by atoms with Crippen LogP contribution in [0.2, 0.25) is 0 Å². The molecule has 76 valence electrons. The number of hydrogen-bond donors (Lipinski definition) is 1. The first-order chi connectivity index (χ1) is 6.75. The largest absolute Gasteiger partial charge is 0.388 e. The molecule has 0 heterocycles. The van der Waals surface area contributed by atoms with E-state index in [9.17, 15) is 5.11 Å². The van der Waals surface area contributed by atoms with Crippen LogP contribution < -0.4 is 0 Å². The number of rotatable bonds is 3. The first kappa shape index (κ1) is 10.4. The van der Waals surface area contributed by atoms with Crippen LogP contribution in [0, 0.1) is 9.49 Å². The second-order valence-electron chi connectivity index (χ2n) is 4.10. The number of benzene rings is 1. The van der Waals surface area contributed by atoms with E-state index < -0.39 is 0 Å². The highest BCUT2D eigenvalue weighted by atomic mass is 127. The topological polar surface area (TPSA) is 20.2 Å². The molecule has 1 saturated carbocycles. The van der Waals surface area contributed by atoms with Crippen LogP contribution in [0.4, 0.5) is 0 Å².